The Morgan fingerprint density at radius 2 is 1.72 bits per heavy atom. The van der Waals surface area contributed by atoms with E-state index >= 15 is 0 Å². The van der Waals surface area contributed by atoms with Gasteiger partial charge in [0.15, 0.2) is 0 Å². The van der Waals surface area contributed by atoms with E-state index in [1.807, 2.05) is 0 Å². The van der Waals surface area contributed by atoms with E-state index in [2.05, 4.69) is 6.58 Å². The minimum Gasteiger partial charge on any atom is -0.388 e. The van der Waals surface area contributed by atoms with Crippen LogP contribution < -0.4 is 0 Å². The molecule has 2 atom stereocenters. The van der Waals surface area contributed by atoms with Crippen LogP contribution in [0.1, 0.15) is 27.7 Å². The fraction of sp³-hybridized carbons (Fsp3) is 0.750. The molecule has 0 spiro atoms. The van der Waals surface area contributed by atoms with Crippen molar-refractivity contribution in [2.75, 3.05) is 19.4 Å². The molecule has 0 rings (SSSR count). The smallest absolute Gasteiger partial charge is 0.331 e. The van der Waals surface area contributed by atoms with E-state index in [1.165, 1.54) is 6.92 Å². The highest BCUT2D eigenvalue weighted by molar-refractivity contribution is 7.53. The second kappa shape index (κ2) is 7.85. The van der Waals surface area contributed by atoms with Gasteiger partial charge < -0.3 is 14.2 Å². The molecule has 0 radical (unpaired) electrons. The molecule has 0 amide bonds. The van der Waals surface area contributed by atoms with Crippen LogP contribution in [-0.2, 0) is 18.4 Å². The summed E-state index contributed by atoms with van der Waals surface area (Å²) < 4.78 is 22.6. The largest absolute Gasteiger partial charge is 0.388 e. The Kier molecular flexibility index (Phi) is 7.64. The summed E-state index contributed by atoms with van der Waals surface area (Å²) in [4.78, 5) is 11.5. The normalized spacial score (nSPS) is 15.2. The van der Waals surface area contributed by atoms with Crippen molar-refractivity contribution < 1.29 is 23.5 Å². The van der Waals surface area contributed by atoms with Gasteiger partial charge in [-0.2, -0.15) is 0 Å². The SMILES string of the molecule is C=C(C)[C@H](O)[C@@H](CP(=O)(OCC)OCC)C(C)=O. The molecule has 0 aliphatic rings. The fourth-order valence-electron chi connectivity index (χ4n) is 1.57. The lowest BCUT2D eigenvalue weighted by Gasteiger charge is -2.25. The van der Waals surface area contributed by atoms with Gasteiger partial charge >= 0.3 is 7.60 Å². The zero-order valence-electron chi connectivity index (χ0n) is 11.5. The van der Waals surface area contributed by atoms with Crippen molar-refractivity contribution in [3.8, 4) is 0 Å². The maximum atomic E-state index is 12.3. The molecule has 1 N–H and O–H groups in total. The summed E-state index contributed by atoms with van der Waals surface area (Å²) in [6.45, 7) is 10.4. The zero-order chi connectivity index (χ0) is 14.3. The van der Waals surface area contributed by atoms with E-state index in [9.17, 15) is 14.5 Å². The Morgan fingerprint density at radius 1 is 1.28 bits per heavy atom. The van der Waals surface area contributed by atoms with Gasteiger partial charge in [0, 0.05) is 0 Å². The monoisotopic (exact) mass is 278 g/mol. The first kappa shape index (κ1) is 17.5. The first-order valence-corrected chi connectivity index (χ1v) is 7.72. The summed E-state index contributed by atoms with van der Waals surface area (Å²) in [5, 5.41) is 9.90. The number of carbonyl (C=O) groups is 1. The molecule has 0 bridgehead atoms. The van der Waals surface area contributed by atoms with Crippen molar-refractivity contribution in [3.63, 3.8) is 0 Å². The first-order valence-electron chi connectivity index (χ1n) is 5.99. The minimum absolute atomic E-state index is 0.127. The second-order valence-corrected chi connectivity index (χ2v) is 6.24. The molecule has 106 valence electrons. The topological polar surface area (TPSA) is 72.8 Å². The van der Waals surface area contributed by atoms with E-state index in [0.29, 0.717) is 5.57 Å². The van der Waals surface area contributed by atoms with Crippen LogP contribution in [0.2, 0.25) is 0 Å². The van der Waals surface area contributed by atoms with Gasteiger partial charge in [-0.1, -0.05) is 12.2 Å². The van der Waals surface area contributed by atoms with Crippen molar-refractivity contribution in [2.45, 2.75) is 33.8 Å². The van der Waals surface area contributed by atoms with Crippen LogP contribution in [-0.4, -0.2) is 36.4 Å². The molecule has 0 saturated heterocycles. The van der Waals surface area contributed by atoms with Gasteiger partial charge in [-0.05, 0) is 27.7 Å². The second-order valence-electron chi connectivity index (χ2n) is 4.14. The molecule has 0 aromatic carbocycles. The Morgan fingerprint density at radius 3 is 2.00 bits per heavy atom. The molecule has 0 unspecified atom stereocenters. The van der Waals surface area contributed by atoms with Crippen LogP contribution >= 0.6 is 7.60 Å². The number of aliphatic hydroxyl groups excluding tert-OH is 1. The van der Waals surface area contributed by atoms with Crippen molar-refractivity contribution in [1.82, 2.24) is 0 Å². The number of Topliss-reactive ketones (excluding diaryl/α,β-unsaturated/α-hetero) is 1. The third kappa shape index (κ3) is 5.44. The predicted molar refractivity (Wildman–Crippen MR) is 70.7 cm³/mol. The summed E-state index contributed by atoms with van der Waals surface area (Å²) in [5.74, 6) is -1.07. The number of ketones is 1. The molecule has 0 heterocycles. The van der Waals surface area contributed by atoms with Crippen LogP contribution in [0.5, 0.6) is 0 Å². The van der Waals surface area contributed by atoms with Crippen molar-refractivity contribution in [1.29, 1.82) is 0 Å². The maximum absolute atomic E-state index is 12.3. The molecule has 5 nitrogen and oxygen atoms in total. The fourth-order valence-corrected chi connectivity index (χ4v) is 3.58. The lowest BCUT2D eigenvalue weighted by Crippen LogP contribution is -2.31. The van der Waals surface area contributed by atoms with Crippen LogP contribution in [0.25, 0.3) is 0 Å². The Balaban J connectivity index is 4.99. The van der Waals surface area contributed by atoms with Crippen LogP contribution in [0.4, 0.5) is 0 Å². The highest BCUT2D eigenvalue weighted by atomic mass is 31.2. The van der Waals surface area contributed by atoms with Gasteiger partial charge in [-0.15, -0.1) is 0 Å². The third-order valence-electron chi connectivity index (χ3n) is 2.48. The van der Waals surface area contributed by atoms with Crippen LogP contribution in [0, 0.1) is 5.92 Å². The zero-order valence-corrected chi connectivity index (χ0v) is 12.4. The highest BCUT2D eigenvalue weighted by Crippen LogP contribution is 2.50. The Hall–Kier alpha value is -0.480. The lowest BCUT2D eigenvalue weighted by molar-refractivity contribution is -0.122. The van der Waals surface area contributed by atoms with E-state index in [0.717, 1.165) is 0 Å². The molecule has 6 heteroatoms. The Bertz CT molecular complexity index is 329. The van der Waals surface area contributed by atoms with E-state index in [4.69, 9.17) is 9.05 Å². The van der Waals surface area contributed by atoms with E-state index in [1.54, 1.807) is 20.8 Å². The van der Waals surface area contributed by atoms with Crippen molar-refractivity contribution >= 4 is 13.4 Å². The summed E-state index contributed by atoms with van der Waals surface area (Å²) >= 11 is 0. The van der Waals surface area contributed by atoms with Gasteiger partial charge in [-0.3, -0.25) is 9.36 Å². The minimum atomic E-state index is -3.34. The number of rotatable bonds is 9. The molecule has 18 heavy (non-hydrogen) atoms. The van der Waals surface area contributed by atoms with Crippen LogP contribution in [0.3, 0.4) is 0 Å². The van der Waals surface area contributed by atoms with Gasteiger partial charge in [0.2, 0.25) is 0 Å². The molecule has 0 aliphatic heterocycles. The van der Waals surface area contributed by atoms with E-state index in [-0.39, 0.29) is 25.2 Å². The standard InChI is InChI=1S/C12H23O5P/c1-6-16-18(15,17-7-2)8-11(10(5)13)12(14)9(3)4/h11-12,14H,3,6-8H2,1-2,4-5H3/t11-,12-/m0/s1. The van der Waals surface area contributed by atoms with E-state index < -0.39 is 19.6 Å². The molecule has 0 fully saturated rings. The maximum Gasteiger partial charge on any atom is 0.331 e. The number of carbonyl (C=O) groups excluding carboxylic acids is 1. The average Bonchev–Trinajstić information content (AvgIpc) is 2.25. The molecular weight excluding hydrogens is 255 g/mol. The van der Waals surface area contributed by atoms with Gasteiger partial charge in [0.25, 0.3) is 0 Å². The molecule has 0 aliphatic carbocycles. The summed E-state index contributed by atoms with van der Waals surface area (Å²) in [6.07, 6.45) is -1.16. The molecule has 0 aromatic rings. The van der Waals surface area contributed by atoms with Crippen LogP contribution in [0.15, 0.2) is 12.2 Å². The van der Waals surface area contributed by atoms with Gasteiger partial charge in [0.05, 0.1) is 31.4 Å². The quantitative estimate of drug-likeness (QED) is 0.518. The number of hydrogen-bond donors (Lipinski definition) is 1. The van der Waals surface area contributed by atoms with Gasteiger partial charge in [-0.25, -0.2) is 0 Å². The number of hydrogen-bond acceptors (Lipinski definition) is 5. The predicted octanol–water partition coefficient (Wildman–Crippen LogP) is 2.39. The van der Waals surface area contributed by atoms with Crippen molar-refractivity contribution in [3.05, 3.63) is 12.2 Å². The first-order chi connectivity index (χ1) is 8.27. The lowest BCUT2D eigenvalue weighted by atomic mass is 9.96. The molecular formula is C12H23O5P. The summed E-state index contributed by atoms with van der Waals surface area (Å²) in [7, 11) is -3.34. The molecule has 0 saturated carbocycles. The van der Waals surface area contributed by atoms with Crippen molar-refractivity contribution in [2.24, 2.45) is 5.92 Å². The molecule has 0 aromatic heterocycles. The summed E-state index contributed by atoms with van der Waals surface area (Å²) in [5.41, 5.74) is 0.453. The number of aliphatic hydroxyl groups is 1. The summed E-state index contributed by atoms with van der Waals surface area (Å²) in [6, 6.07) is 0. The third-order valence-corrected chi connectivity index (χ3v) is 4.62. The average molecular weight is 278 g/mol. The highest BCUT2D eigenvalue weighted by Gasteiger charge is 2.35. The van der Waals surface area contributed by atoms with Gasteiger partial charge in [0.1, 0.15) is 5.78 Å². The Labute approximate surface area is 109 Å².